The zero-order valence-electron chi connectivity index (χ0n) is 20.1. The molecule has 0 aromatic rings. The maximum atomic E-state index is 12.8. The molecule has 0 heterocycles. The lowest BCUT2D eigenvalue weighted by molar-refractivity contribution is -0.143. The zero-order valence-corrected chi connectivity index (χ0v) is 20.1. The third-order valence-electron chi connectivity index (χ3n) is 4.95. The molecule has 200 valence electrons. The molecule has 4 unspecified atom stereocenters. The molecule has 0 aliphatic heterocycles. The Morgan fingerprint density at radius 3 is 1.83 bits per heavy atom. The van der Waals surface area contributed by atoms with E-state index in [0.29, 0.717) is 19.4 Å². The van der Waals surface area contributed by atoms with Gasteiger partial charge in [-0.1, -0.05) is 20.3 Å². The molecule has 14 heteroatoms. The molecule has 0 bridgehead atoms. The standard InChI is InChI=1S/C21H38N6O8/c1-11(2)9-14(19(32)25-13(21(34)35)6-7-16(24)28)27-20(33)15(10-17(29)30)26-18(31)12(23)5-3-4-8-22/h11-15H,3-10,22-23H2,1-2H3,(H2,24,28)(H,25,32)(H,26,31)(H,27,33)(H,29,30)(H,34,35). The second-order valence-electron chi connectivity index (χ2n) is 8.65. The number of carbonyl (C=O) groups is 6. The number of carboxylic acids is 2. The predicted octanol–water partition coefficient (Wildman–Crippen LogP) is -2.23. The van der Waals surface area contributed by atoms with Gasteiger partial charge in [-0.25, -0.2) is 4.79 Å². The van der Waals surface area contributed by atoms with Gasteiger partial charge in [-0.15, -0.1) is 0 Å². The van der Waals surface area contributed by atoms with E-state index >= 15 is 0 Å². The Balaban J connectivity index is 5.46. The molecular weight excluding hydrogens is 464 g/mol. The largest absolute Gasteiger partial charge is 0.481 e. The first-order valence-corrected chi connectivity index (χ1v) is 11.4. The molecule has 35 heavy (non-hydrogen) atoms. The second kappa shape index (κ2) is 16.4. The summed E-state index contributed by atoms with van der Waals surface area (Å²) in [5.74, 6) is -6.15. The van der Waals surface area contributed by atoms with Crippen LogP contribution in [0.5, 0.6) is 0 Å². The van der Waals surface area contributed by atoms with Crippen LogP contribution in [0.3, 0.4) is 0 Å². The Hall–Kier alpha value is -3.26. The summed E-state index contributed by atoms with van der Waals surface area (Å²) in [7, 11) is 0. The van der Waals surface area contributed by atoms with E-state index < -0.39 is 66.2 Å². The fourth-order valence-electron chi connectivity index (χ4n) is 3.09. The van der Waals surface area contributed by atoms with Gasteiger partial charge in [-0.3, -0.25) is 24.0 Å². The van der Waals surface area contributed by atoms with Crippen molar-refractivity contribution in [2.24, 2.45) is 23.1 Å². The Bertz CT molecular complexity index is 760. The first-order valence-electron chi connectivity index (χ1n) is 11.4. The monoisotopic (exact) mass is 502 g/mol. The number of nitrogens with one attached hydrogen (secondary N) is 3. The molecule has 0 fully saturated rings. The van der Waals surface area contributed by atoms with Crippen LogP contribution in [0.1, 0.15) is 58.8 Å². The van der Waals surface area contributed by atoms with Crippen molar-refractivity contribution in [3.8, 4) is 0 Å². The van der Waals surface area contributed by atoms with Gasteiger partial charge in [0, 0.05) is 6.42 Å². The van der Waals surface area contributed by atoms with E-state index in [-0.39, 0.29) is 31.6 Å². The van der Waals surface area contributed by atoms with Gasteiger partial charge in [0.15, 0.2) is 0 Å². The molecule has 0 spiro atoms. The quantitative estimate of drug-likeness (QED) is 0.0935. The van der Waals surface area contributed by atoms with Gasteiger partial charge in [-0.05, 0) is 38.1 Å². The number of hydrogen-bond acceptors (Lipinski definition) is 8. The summed E-state index contributed by atoms with van der Waals surface area (Å²) >= 11 is 0. The van der Waals surface area contributed by atoms with Gasteiger partial charge in [0.05, 0.1) is 12.5 Å². The number of nitrogens with two attached hydrogens (primary N) is 3. The molecule has 0 saturated heterocycles. The summed E-state index contributed by atoms with van der Waals surface area (Å²) < 4.78 is 0. The number of unbranched alkanes of at least 4 members (excludes halogenated alkanes) is 1. The van der Waals surface area contributed by atoms with Crippen LogP contribution in [0.25, 0.3) is 0 Å². The molecule has 0 aliphatic carbocycles. The third kappa shape index (κ3) is 13.9. The molecule has 14 nitrogen and oxygen atoms in total. The minimum absolute atomic E-state index is 0.0894. The lowest BCUT2D eigenvalue weighted by Gasteiger charge is -2.25. The molecule has 0 radical (unpaired) electrons. The normalized spacial score (nSPS) is 14.3. The lowest BCUT2D eigenvalue weighted by atomic mass is 10.0. The van der Waals surface area contributed by atoms with Crippen LogP contribution in [-0.2, 0) is 28.8 Å². The molecule has 0 saturated carbocycles. The number of hydrogen-bond donors (Lipinski definition) is 8. The van der Waals surface area contributed by atoms with Crippen LogP contribution in [0, 0.1) is 5.92 Å². The Kier molecular flexibility index (Phi) is 14.9. The average molecular weight is 503 g/mol. The highest BCUT2D eigenvalue weighted by Crippen LogP contribution is 2.08. The minimum Gasteiger partial charge on any atom is -0.481 e. The highest BCUT2D eigenvalue weighted by atomic mass is 16.4. The van der Waals surface area contributed by atoms with E-state index in [4.69, 9.17) is 17.2 Å². The number of rotatable bonds is 18. The van der Waals surface area contributed by atoms with Gasteiger partial charge in [-0.2, -0.15) is 0 Å². The van der Waals surface area contributed by atoms with Gasteiger partial charge >= 0.3 is 11.9 Å². The highest BCUT2D eigenvalue weighted by molar-refractivity contribution is 5.95. The zero-order chi connectivity index (χ0) is 27.1. The van der Waals surface area contributed by atoms with Crippen molar-refractivity contribution >= 4 is 35.6 Å². The smallest absolute Gasteiger partial charge is 0.326 e. The third-order valence-corrected chi connectivity index (χ3v) is 4.95. The van der Waals surface area contributed by atoms with Gasteiger partial charge in [0.25, 0.3) is 0 Å². The predicted molar refractivity (Wildman–Crippen MR) is 124 cm³/mol. The Morgan fingerprint density at radius 1 is 0.800 bits per heavy atom. The van der Waals surface area contributed by atoms with Crippen LogP contribution in [0.2, 0.25) is 0 Å². The second-order valence-corrected chi connectivity index (χ2v) is 8.65. The van der Waals surface area contributed by atoms with E-state index in [1.165, 1.54) is 0 Å². The number of aliphatic carboxylic acids is 2. The molecule has 11 N–H and O–H groups in total. The molecule has 0 aliphatic rings. The summed E-state index contributed by atoms with van der Waals surface area (Å²) in [6.07, 6.45) is 0.284. The van der Waals surface area contributed by atoms with Gasteiger partial charge < -0.3 is 43.4 Å². The number of primary amides is 1. The van der Waals surface area contributed by atoms with Crippen molar-refractivity contribution in [1.82, 2.24) is 16.0 Å². The fraction of sp³-hybridized carbons (Fsp3) is 0.714. The SMILES string of the molecule is CC(C)CC(NC(=O)C(CC(=O)O)NC(=O)C(N)CCCCN)C(=O)NC(CCC(N)=O)C(=O)O. The number of amides is 4. The maximum absolute atomic E-state index is 12.8. The summed E-state index contributed by atoms with van der Waals surface area (Å²) in [6.45, 7) is 3.93. The van der Waals surface area contributed by atoms with E-state index in [1.807, 2.05) is 0 Å². The summed E-state index contributed by atoms with van der Waals surface area (Å²) in [4.78, 5) is 71.6. The fourth-order valence-corrected chi connectivity index (χ4v) is 3.09. The summed E-state index contributed by atoms with van der Waals surface area (Å²) in [6, 6.07) is -5.16. The van der Waals surface area contributed by atoms with Crippen LogP contribution in [0.15, 0.2) is 0 Å². The number of carboxylic acid groups (broad SMARTS) is 2. The van der Waals surface area contributed by atoms with Gasteiger partial charge in [0.2, 0.25) is 23.6 Å². The molecule has 4 atom stereocenters. The molecule has 0 aromatic carbocycles. The Labute approximate surface area is 203 Å². The van der Waals surface area contributed by atoms with Crippen LogP contribution >= 0.6 is 0 Å². The summed E-state index contributed by atoms with van der Waals surface area (Å²) in [5, 5.41) is 25.4. The van der Waals surface area contributed by atoms with E-state index in [2.05, 4.69) is 16.0 Å². The van der Waals surface area contributed by atoms with Crippen molar-refractivity contribution < 1.29 is 39.0 Å². The van der Waals surface area contributed by atoms with E-state index in [0.717, 1.165) is 0 Å². The van der Waals surface area contributed by atoms with Crippen molar-refractivity contribution in [3.63, 3.8) is 0 Å². The molecular formula is C21H38N6O8. The maximum Gasteiger partial charge on any atom is 0.326 e. The number of carbonyl (C=O) groups excluding carboxylic acids is 4. The Morgan fingerprint density at radius 2 is 1.34 bits per heavy atom. The first-order chi connectivity index (χ1) is 16.3. The minimum atomic E-state index is -1.52. The lowest BCUT2D eigenvalue weighted by Crippen LogP contribution is -2.57. The van der Waals surface area contributed by atoms with E-state index in [1.54, 1.807) is 13.8 Å². The van der Waals surface area contributed by atoms with E-state index in [9.17, 15) is 39.0 Å². The first kappa shape index (κ1) is 31.7. The molecule has 0 aromatic heterocycles. The topological polar surface area (TPSA) is 257 Å². The summed E-state index contributed by atoms with van der Waals surface area (Å²) in [5.41, 5.74) is 16.2. The highest BCUT2D eigenvalue weighted by Gasteiger charge is 2.31. The van der Waals surface area contributed by atoms with Crippen molar-refractivity contribution in [2.75, 3.05) is 6.54 Å². The van der Waals surface area contributed by atoms with Crippen molar-refractivity contribution in [3.05, 3.63) is 0 Å². The van der Waals surface area contributed by atoms with Gasteiger partial charge in [0.1, 0.15) is 18.1 Å². The average Bonchev–Trinajstić information content (AvgIpc) is 2.74. The van der Waals surface area contributed by atoms with Crippen LogP contribution in [-0.4, -0.2) is 76.5 Å². The van der Waals surface area contributed by atoms with Crippen LogP contribution in [0.4, 0.5) is 0 Å². The van der Waals surface area contributed by atoms with Crippen molar-refractivity contribution in [2.45, 2.75) is 83.0 Å². The van der Waals surface area contributed by atoms with Crippen LogP contribution < -0.4 is 33.2 Å². The molecule has 4 amide bonds. The van der Waals surface area contributed by atoms with Crippen molar-refractivity contribution in [1.29, 1.82) is 0 Å². The molecule has 0 rings (SSSR count).